The molecule has 0 unspecified atom stereocenters. The van der Waals surface area contributed by atoms with Crippen LogP contribution in [-0.2, 0) is 4.79 Å². The number of benzene rings is 3. The van der Waals surface area contributed by atoms with E-state index in [0.29, 0.717) is 6.42 Å². The van der Waals surface area contributed by atoms with Crippen molar-refractivity contribution in [2.75, 3.05) is 23.3 Å². The number of rotatable bonds is 4. The first-order valence-electron chi connectivity index (χ1n) is 11.8. The number of carbonyl (C=O) groups is 1. The lowest BCUT2D eigenvalue weighted by Gasteiger charge is -2.40. The van der Waals surface area contributed by atoms with Crippen LogP contribution >= 0.6 is 0 Å². The van der Waals surface area contributed by atoms with Crippen LogP contribution in [0, 0.1) is 5.41 Å². The minimum absolute atomic E-state index is 0.0212. The highest BCUT2D eigenvalue weighted by Gasteiger charge is 2.40. The zero-order chi connectivity index (χ0) is 22.5. The molecule has 164 valence electrons. The molecule has 0 saturated carbocycles. The Morgan fingerprint density at radius 2 is 1.66 bits per heavy atom. The van der Waals surface area contributed by atoms with Gasteiger partial charge in [0, 0.05) is 42.0 Å². The topological polar surface area (TPSA) is 32.3 Å². The Bertz CT molecular complexity index is 1220. The van der Waals surface area contributed by atoms with E-state index in [1.165, 1.54) is 22.2 Å². The van der Waals surface area contributed by atoms with Crippen molar-refractivity contribution in [1.29, 1.82) is 0 Å². The number of Topliss-reactive ketones (excluding diaryl/α,β-unsaturated/α-hetero) is 1. The molecular weight excluding hydrogens is 392 g/mol. The Morgan fingerprint density at radius 1 is 0.938 bits per heavy atom. The summed E-state index contributed by atoms with van der Waals surface area (Å²) in [7, 11) is 0. The normalized spacial score (nSPS) is 19.4. The molecule has 0 aromatic heterocycles. The molecular formula is C29H32N2O. The molecule has 0 saturated heterocycles. The number of nitrogens with zero attached hydrogens (tertiary/aromatic N) is 1. The fraction of sp³-hybridized carbons (Fsp3) is 0.345. The fourth-order valence-electron chi connectivity index (χ4n) is 5.57. The number of allylic oxidation sites excluding steroid dienone is 1. The largest absolute Gasteiger partial charge is 0.374 e. The predicted molar refractivity (Wildman–Crippen MR) is 135 cm³/mol. The predicted octanol–water partition coefficient (Wildman–Crippen LogP) is 7.00. The molecule has 3 nitrogen and oxygen atoms in total. The Kier molecular flexibility index (Phi) is 5.08. The molecule has 0 radical (unpaired) electrons. The van der Waals surface area contributed by atoms with E-state index in [4.69, 9.17) is 0 Å². The van der Waals surface area contributed by atoms with Crippen LogP contribution in [0.3, 0.4) is 0 Å². The molecule has 3 aromatic rings. The molecule has 0 amide bonds. The Labute approximate surface area is 191 Å². The standard InChI is InChI=1S/C29H32N2O/c1-5-31(6-2)21-14-11-20(12-15-21)28-23-17-29(3,4)18-25(32)27(23)26-22-10-8-7-9-19(22)13-16-24(26)30-28/h7-16,28,30H,5-6,17-18H2,1-4H3/t28-/m0/s1. The lowest BCUT2D eigenvalue weighted by atomic mass is 9.68. The second-order valence-corrected chi connectivity index (χ2v) is 9.89. The molecule has 3 heteroatoms. The van der Waals surface area contributed by atoms with Crippen LogP contribution < -0.4 is 10.2 Å². The molecule has 0 fully saturated rings. The van der Waals surface area contributed by atoms with Crippen molar-refractivity contribution >= 4 is 33.5 Å². The number of hydrogen-bond acceptors (Lipinski definition) is 3. The van der Waals surface area contributed by atoms with Gasteiger partial charge in [-0.3, -0.25) is 4.79 Å². The third-order valence-corrected chi connectivity index (χ3v) is 7.09. The number of carbonyl (C=O) groups excluding carboxylic acids is 1. The summed E-state index contributed by atoms with van der Waals surface area (Å²) in [6.07, 6.45) is 1.52. The summed E-state index contributed by atoms with van der Waals surface area (Å²) in [5.74, 6) is 0.278. The van der Waals surface area contributed by atoms with Gasteiger partial charge in [0.05, 0.1) is 6.04 Å². The highest BCUT2D eigenvalue weighted by molar-refractivity contribution is 6.28. The van der Waals surface area contributed by atoms with E-state index in [0.717, 1.165) is 41.7 Å². The van der Waals surface area contributed by atoms with Gasteiger partial charge in [0.15, 0.2) is 5.78 Å². The fourth-order valence-corrected chi connectivity index (χ4v) is 5.57. The van der Waals surface area contributed by atoms with Gasteiger partial charge in [-0.05, 0) is 65.8 Å². The molecule has 1 aliphatic heterocycles. The molecule has 1 aliphatic carbocycles. The molecule has 3 aromatic carbocycles. The Hall–Kier alpha value is -3.07. The van der Waals surface area contributed by atoms with E-state index in [-0.39, 0.29) is 17.2 Å². The SMILES string of the molecule is CCN(CC)c1ccc([C@@H]2Nc3ccc4ccccc4c3C3=C2CC(C)(C)CC3=O)cc1. The first-order chi connectivity index (χ1) is 15.4. The number of fused-ring (bicyclic) bond motifs is 4. The second kappa shape index (κ2) is 7.81. The molecule has 5 rings (SSSR count). The van der Waals surface area contributed by atoms with Crippen LogP contribution in [0.1, 0.15) is 57.7 Å². The first-order valence-corrected chi connectivity index (χ1v) is 11.8. The maximum absolute atomic E-state index is 13.6. The number of hydrogen-bond donors (Lipinski definition) is 1. The average Bonchev–Trinajstić information content (AvgIpc) is 2.78. The average molecular weight is 425 g/mol. The zero-order valence-electron chi connectivity index (χ0n) is 19.5. The van der Waals surface area contributed by atoms with Crippen molar-refractivity contribution in [3.05, 3.63) is 77.4 Å². The molecule has 1 N–H and O–H groups in total. The van der Waals surface area contributed by atoms with Gasteiger partial charge in [0.25, 0.3) is 0 Å². The van der Waals surface area contributed by atoms with Crippen molar-refractivity contribution in [2.45, 2.75) is 46.6 Å². The summed E-state index contributed by atoms with van der Waals surface area (Å²) in [4.78, 5) is 15.9. The van der Waals surface area contributed by atoms with Gasteiger partial charge in [-0.15, -0.1) is 0 Å². The van der Waals surface area contributed by atoms with Crippen LogP contribution in [0.15, 0.2) is 66.2 Å². The van der Waals surface area contributed by atoms with E-state index >= 15 is 0 Å². The van der Waals surface area contributed by atoms with Crippen LogP contribution in [0.5, 0.6) is 0 Å². The van der Waals surface area contributed by atoms with Crippen LogP contribution in [-0.4, -0.2) is 18.9 Å². The number of ketones is 1. The minimum atomic E-state index is -0.0287. The van der Waals surface area contributed by atoms with Crippen molar-refractivity contribution in [2.24, 2.45) is 5.41 Å². The molecule has 1 atom stereocenters. The highest BCUT2D eigenvalue weighted by Crippen LogP contribution is 2.51. The summed E-state index contributed by atoms with van der Waals surface area (Å²) >= 11 is 0. The van der Waals surface area contributed by atoms with Gasteiger partial charge in [-0.1, -0.05) is 56.3 Å². The summed E-state index contributed by atoms with van der Waals surface area (Å²) in [5, 5.41) is 6.16. The molecule has 0 bridgehead atoms. The quantitative estimate of drug-likeness (QED) is 0.489. The maximum Gasteiger partial charge on any atom is 0.164 e. The Morgan fingerprint density at radius 3 is 2.38 bits per heavy atom. The lowest BCUT2D eigenvalue weighted by molar-refractivity contribution is -0.116. The van der Waals surface area contributed by atoms with Crippen molar-refractivity contribution in [1.82, 2.24) is 0 Å². The Balaban J connectivity index is 1.68. The molecule has 0 spiro atoms. The van der Waals surface area contributed by atoms with E-state index in [1.807, 2.05) is 0 Å². The lowest BCUT2D eigenvalue weighted by Crippen LogP contribution is -2.32. The summed E-state index contributed by atoms with van der Waals surface area (Å²) in [5.41, 5.74) is 6.79. The van der Waals surface area contributed by atoms with Gasteiger partial charge >= 0.3 is 0 Å². The van der Waals surface area contributed by atoms with Gasteiger partial charge in [0.1, 0.15) is 0 Å². The smallest absolute Gasteiger partial charge is 0.164 e. The summed E-state index contributed by atoms with van der Waals surface area (Å²) < 4.78 is 0. The van der Waals surface area contributed by atoms with Crippen LogP contribution in [0.4, 0.5) is 11.4 Å². The van der Waals surface area contributed by atoms with Crippen molar-refractivity contribution < 1.29 is 4.79 Å². The van der Waals surface area contributed by atoms with Gasteiger partial charge in [-0.2, -0.15) is 0 Å². The third kappa shape index (κ3) is 3.40. The zero-order valence-corrected chi connectivity index (χ0v) is 19.5. The summed E-state index contributed by atoms with van der Waals surface area (Å²) in [6, 6.07) is 21.6. The highest BCUT2D eigenvalue weighted by atomic mass is 16.1. The molecule has 2 aliphatic rings. The van der Waals surface area contributed by atoms with E-state index in [1.54, 1.807) is 0 Å². The van der Waals surface area contributed by atoms with E-state index < -0.39 is 0 Å². The van der Waals surface area contributed by atoms with Gasteiger partial charge < -0.3 is 10.2 Å². The monoisotopic (exact) mass is 424 g/mol. The van der Waals surface area contributed by atoms with Gasteiger partial charge in [-0.25, -0.2) is 0 Å². The third-order valence-electron chi connectivity index (χ3n) is 7.09. The molecule has 32 heavy (non-hydrogen) atoms. The van der Waals surface area contributed by atoms with Crippen LogP contribution in [0.2, 0.25) is 0 Å². The first kappa shape index (κ1) is 20.8. The number of anilines is 2. The van der Waals surface area contributed by atoms with E-state index in [9.17, 15) is 4.79 Å². The molecule has 1 heterocycles. The minimum Gasteiger partial charge on any atom is -0.374 e. The van der Waals surface area contributed by atoms with Gasteiger partial charge in [0.2, 0.25) is 0 Å². The van der Waals surface area contributed by atoms with Crippen molar-refractivity contribution in [3.8, 4) is 0 Å². The maximum atomic E-state index is 13.6. The van der Waals surface area contributed by atoms with E-state index in [2.05, 4.69) is 98.6 Å². The number of nitrogens with one attached hydrogen (secondary N) is 1. The summed E-state index contributed by atoms with van der Waals surface area (Å²) in [6.45, 7) is 10.8. The second-order valence-electron chi connectivity index (χ2n) is 9.89. The van der Waals surface area contributed by atoms with Crippen molar-refractivity contribution in [3.63, 3.8) is 0 Å². The van der Waals surface area contributed by atoms with Crippen LogP contribution in [0.25, 0.3) is 16.3 Å².